The number of para-hydroxylation sites is 1. The Labute approximate surface area is 81.0 Å². The average Bonchev–Trinajstić information content (AvgIpc) is 2.01. The molecule has 0 amide bonds. The molecule has 1 heteroatoms. The number of rotatable bonds is 2. The quantitative estimate of drug-likeness (QED) is 0.689. The van der Waals surface area contributed by atoms with Crippen molar-refractivity contribution in [1.82, 2.24) is 0 Å². The minimum absolute atomic E-state index is 0.391. The molecule has 72 valence electrons. The van der Waals surface area contributed by atoms with E-state index >= 15 is 0 Å². The van der Waals surface area contributed by atoms with E-state index in [-0.39, 0.29) is 0 Å². The van der Waals surface area contributed by atoms with Crippen molar-refractivity contribution in [3.63, 3.8) is 0 Å². The molecule has 1 rings (SSSR count). The predicted octanol–water partition coefficient (Wildman–Crippen LogP) is 3.25. The number of nitrogens with two attached hydrogens (primary N) is 1. The summed E-state index contributed by atoms with van der Waals surface area (Å²) in [6.07, 6.45) is 2.26. The summed E-state index contributed by atoms with van der Waals surface area (Å²) in [6.45, 7) is 6.77. The van der Waals surface area contributed by atoms with Crippen LogP contribution in [0.5, 0.6) is 0 Å². The van der Waals surface area contributed by atoms with Crippen LogP contribution in [0.15, 0.2) is 24.3 Å². The summed E-state index contributed by atoms with van der Waals surface area (Å²) in [7, 11) is 0. The number of benzene rings is 1. The molecule has 0 fully saturated rings. The van der Waals surface area contributed by atoms with Gasteiger partial charge in [-0.15, -0.1) is 0 Å². The molecule has 0 saturated carbocycles. The van der Waals surface area contributed by atoms with Gasteiger partial charge in [0, 0.05) is 5.69 Å². The molecule has 0 radical (unpaired) electrons. The first-order valence-corrected chi connectivity index (χ1v) is 4.82. The van der Waals surface area contributed by atoms with Crippen molar-refractivity contribution in [3.05, 3.63) is 29.8 Å². The summed E-state index contributed by atoms with van der Waals surface area (Å²) >= 11 is 0. The van der Waals surface area contributed by atoms with Gasteiger partial charge in [-0.1, -0.05) is 39.0 Å². The molecular formula is C12H19N. The Bertz CT molecular complexity index is 271. The van der Waals surface area contributed by atoms with Crippen LogP contribution in [0.25, 0.3) is 0 Å². The van der Waals surface area contributed by atoms with Gasteiger partial charge in [-0.25, -0.2) is 0 Å². The number of nitrogen functional groups attached to an aromatic ring is 1. The van der Waals surface area contributed by atoms with Crippen LogP contribution in [-0.2, 0) is 6.42 Å². The zero-order chi connectivity index (χ0) is 9.90. The number of anilines is 1. The molecule has 0 aliphatic heterocycles. The van der Waals surface area contributed by atoms with Gasteiger partial charge in [0.1, 0.15) is 0 Å². The zero-order valence-electron chi connectivity index (χ0n) is 8.80. The van der Waals surface area contributed by atoms with Crippen molar-refractivity contribution in [2.24, 2.45) is 5.41 Å². The molecule has 0 atom stereocenters. The molecule has 1 nitrogen and oxygen atoms in total. The lowest BCUT2D eigenvalue weighted by atomic mass is 9.88. The lowest BCUT2D eigenvalue weighted by molar-refractivity contribution is 0.378. The summed E-state index contributed by atoms with van der Waals surface area (Å²) in [5.41, 5.74) is 8.44. The monoisotopic (exact) mass is 177 g/mol. The highest BCUT2D eigenvalue weighted by Gasteiger charge is 2.10. The van der Waals surface area contributed by atoms with E-state index in [4.69, 9.17) is 5.73 Å². The molecule has 0 spiro atoms. The minimum atomic E-state index is 0.391. The SMILES string of the molecule is CC(C)(C)CCc1ccccc1N. The lowest BCUT2D eigenvalue weighted by Gasteiger charge is -2.18. The van der Waals surface area contributed by atoms with Gasteiger partial charge < -0.3 is 5.73 Å². The maximum Gasteiger partial charge on any atom is 0.0346 e. The van der Waals surface area contributed by atoms with Crippen molar-refractivity contribution in [2.45, 2.75) is 33.6 Å². The maximum absolute atomic E-state index is 5.85. The van der Waals surface area contributed by atoms with Crippen LogP contribution < -0.4 is 5.73 Å². The molecule has 0 saturated heterocycles. The second kappa shape index (κ2) is 3.82. The van der Waals surface area contributed by atoms with Crippen molar-refractivity contribution in [3.8, 4) is 0 Å². The molecule has 13 heavy (non-hydrogen) atoms. The second-order valence-electron chi connectivity index (χ2n) is 4.76. The fourth-order valence-corrected chi connectivity index (χ4v) is 1.27. The topological polar surface area (TPSA) is 26.0 Å². The highest BCUT2D eigenvalue weighted by molar-refractivity contribution is 5.46. The highest BCUT2D eigenvalue weighted by atomic mass is 14.6. The second-order valence-corrected chi connectivity index (χ2v) is 4.76. The van der Waals surface area contributed by atoms with Crippen molar-refractivity contribution in [1.29, 1.82) is 0 Å². The third kappa shape index (κ3) is 3.49. The number of aryl methyl sites for hydroxylation is 1. The number of hydrogen-bond acceptors (Lipinski definition) is 1. The van der Waals surface area contributed by atoms with Crippen LogP contribution in [0, 0.1) is 5.41 Å². The third-order valence-corrected chi connectivity index (χ3v) is 2.20. The molecule has 1 aromatic rings. The van der Waals surface area contributed by atoms with Gasteiger partial charge in [0.25, 0.3) is 0 Å². The number of hydrogen-bond donors (Lipinski definition) is 1. The van der Waals surface area contributed by atoms with E-state index in [2.05, 4.69) is 26.8 Å². The largest absolute Gasteiger partial charge is 0.399 e. The van der Waals surface area contributed by atoms with Gasteiger partial charge in [0.05, 0.1) is 0 Å². The first-order chi connectivity index (χ1) is 5.99. The highest BCUT2D eigenvalue weighted by Crippen LogP contribution is 2.23. The molecule has 2 N–H and O–H groups in total. The van der Waals surface area contributed by atoms with E-state index < -0.39 is 0 Å². The molecule has 0 unspecified atom stereocenters. The van der Waals surface area contributed by atoms with Gasteiger partial charge in [-0.05, 0) is 29.9 Å². The van der Waals surface area contributed by atoms with Crippen LogP contribution in [0.1, 0.15) is 32.8 Å². The van der Waals surface area contributed by atoms with Crippen LogP contribution in [0.3, 0.4) is 0 Å². The van der Waals surface area contributed by atoms with Crippen LogP contribution >= 0.6 is 0 Å². The molecule has 1 aromatic carbocycles. The van der Waals surface area contributed by atoms with Crippen LogP contribution in [-0.4, -0.2) is 0 Å². The van der Waals surface area contributed by atoms with E-state index in [1.165, 1.54) is 12.0 Å². The van der Waals surface area contributed by atoms with Crippen LogP contribution in [0.4, 0.5) is 5.69 Å². The smallest absolute Gasteiger partial charge is 0.0346 e. The van der Waals surface area contributed by atoms with E-state index in [1.807, 2.05) is 18.2 Å². The van der Waals surface area contributed by atoms with Crippen molar-refractivity contribution < 1.29 is 0 Å². The molecule has 0 bridgehead atoms. The Morgan fingerprint density at radius 3 is 2.31 bits per heavy atom. The fourth-order valence-electron chi connectivity index (χ4n) is 1.27. The maximum atomic E-state index is 5.85. The predicted molar refractivity (Wildman–Crippen MR) is 58.6 cm³/mol. The minimum Gasteiger partial charge on any atom is -0.399 e. The average molecular weight is 177 g/mol. The van der Waals surface area contributed by atoms with Crippen LogP contribution in [0.2, 0.25) is 0 Å². The van der Waals surface area contributed by atoms with Crippen molar-refractivity contribution >= 4 is 5.69 Å². The Balaban J connectivity index is 2.60. The normalized spacial score (nSPS) is 11.6. The van der Waals surface area contributed by atoms with Gasteiger partial charge in [-0.2, -0.15) is 0 Å². The van der Waals surface area contributed by atoms with E-state index in [9.17, 15) is 0 Å². The summed E-state index contributed by atoms with van der Waals surface area (Å²) in [5.74, 6) is 0. The van der Waals surface area contributed by atoms with E-state index in [1.54, 1.807) is 0 Å². The van der Waals surface area contributed by atoms with E-state index in [0.717, 1.165) is 12.1 Å². The molecule has 0 heterocycles. The molecular weight excluding hydrogens is 158 g/mol. The van der Waals surface area contributed by atoms with E-state index in [0.29, 0.717) is 5.41 Å². The summed E-state index contributed by atoms with van der Waals surface area (Å²) in [6, 6.07) is 8.11. The van der Waals surface area contributed by atoms with Gasteiger partial charge in [-0.3, -0.25) is 0 Å². The standard InChI is InChI=1S/C12H19N/c1-12(2,3)9-8-10-6-4-5-7-11(10)13/h4-7H,8-9,13H2,1-3H3. The molecule has 0 aromatic heterocycles. The molecule has 0 aliphatic carbocycles. The van der Waals surface area contributed by atoms with Gasteiger partial charge >= 0.3 is 0 Å². The first-order valence-electron chi connectivity index (χ1n) is 4.82. The van der Waals surface area contributed by atoms with Crippen molar-refractivity contribution in [2.75, 3.05) is 5.73 Å². The molecule has 0 aliphatic rings. The fraction of sp³-hybridized carbons (Fsp3) is 0.500. The Hall–Kier alpha value is -0.980. The Morgan fingerprint density at radius 1 is 1.15 bits per heavy atom. The summed E-state index contributed by atoms with van der Waals surface area (Å²) in [5, 5.41) is 0. The zero-order valence-corrected chi connectivity index (χ0v) is 8.80. The Morgan fingerprint density at radius 2 is 1.77 bits per heavy atom. The van der Waals surface area contributed by atoms with Gasteiger partial charge in [0.15, 0.2) is 0 Å². The first kappa shape index (κ1) is 10.1. The summed E-state index contributed by atoms with van der Waals surface area (Å²) in [4.78, 5) is 0. The Kier molecular flexibility index (Phi) is 2.97. The van der Waals surface area contributed by atoms with Gasteiger partial charge in [0.2, 0.25) is 0 Å². The lowest BCUT2D eigenvalue weighted by Crippen LogP contribution is -2.07. The summed E-state index contributed by atoms with van der Waals surface area (Å²) < 4.78 is 0. The third-order valence-electron chi connectivity index (χ3n) is 2.20.